The molecule has 2 aromatic carbocycles. The summed E-state index contributed by atoms with van der Waals surface area (Å²) in [6.45, 7) is 0. The molecule has 0 amide bonds. The maximum atomic E-state index is 11.0. The first-order valence-corrected chi connectivity index (χ1v) is 6.15. The second kappa shape index (κ2) is 5.87. The Kier molecular flexibility index (Phi) is 4.20. The van der Waals surface area contributed by atoms with Crippen molar-refractivity contribution < 1.29 is 9.90 Å². The highest BCUT2D eigenvalue weighted by Gasteiger charge is 2.07. The van der Waals surface area contributed by atoms with Crippen LogP contribution in [-0.4, -0.2) is 17.3 Å². The molecule has 0 aliphatic rings. The van der Waals surface area contributed by atoms with Crippen molar-refractivity contribution in [3.05, 3.63) is 63.6 Å². The fourth-order valence-corrected chi connectivity index (χ4v) is 1.99. The largest absolute Gasteiger partial charge is 0.478 e. The van der Waals surface area contributed by atoms with E-state index in [1.54, 1.807) is 36.4 Å². The van der Waals surface area contributed by atoms with Crippen molar-refractivity contribution in [2.75, 3.05) is 0 Å². The smallest absolute Gasteiger partial charge is 0.336 e. The number of carbonyl (C=O) groups is 1. The molecule has 3 nitrogen and oxygen atoms in total. The molecule has 19 heavy (non-hydrogen) atoms. The van der Waals surface area contributed by atoms with Crippen molar-refractivity contribution >= 4 is 41.1 Å². The van der Waals surface area contributed by atoms with Crippen LogP contribution in [0.2, 0.25) is 10.0 Å². The minimum atomic E-state index is -0.996. The summed E-state index contributed by atoms with van der Waals surface area (Å²) >= 11 is 11.8. The van der Waals surface area contributed by atoms with Gasteiger partial charge >= 0.3 is 5.97 Å². The molecule has 0 unspecified atom stereocenters. The molecule has 2 aromatic rings. The van der Waals surface area contributed by atoms with Gasteiger partial charge in [-0.15, -0.1) is 0 Å². The fraction of sp³-hybridized carbons (Fsp3) is 0. The SMILES string of the molecule is O=C(O)c1ccccc1/C=N\c1ccc(Cl)cc1Cl. The van der Waals surface area contributed by atoms with Gasteiger partial charge in [0.25, 0.3) is 0 Å². The minimum Gasteiger partial charge on any atom is -0.478 e. The van der Waals surface area contributed by atoms with Crippen molar-refractivity contribution in [3.8, 4) is 0 Å². The van der Waals surface area contributed by atoms with Crippen LogP contribution in [0.1, 0.15) is 15.9 Å². The quantitative estimate of drug-likeness (QED) is 0.851. The summed E-state index contributed by atoms with van der Waals surface area (Å²) < 4.78 is 0. The Bertz CT molecular complexity index is 654. The summed E-state index contributed by atoms with van der Waals surface area (Å²) in [4.78, 5) is 15.2. The van der Waals surface area contributed by atoms with E-state index in [-0.39, 0.29) is 5.56 Å². The summed E-state index contributed by atoms with van der Waals surface area (Å²) in [7, 11) is 0. The number of nitrogens with zero attached hydrogens (tertiary/aromatic N) is 1. The van der Waals surface area contributed by atoms with Crippen LogP contribution in [0.15, 0.2) is 47.5 Å². The van der Waals surface area contributed by atoms with Crippen molar-refractivity contribution in [2.24, 2.45) is 4.99 Å². The minimum absolute atomic E-state index is 0.191. The highest BCUT2D eigenvalue weighted by atomic mass is 35.5. The van der Waals surface area contributed by atoms with Gasteiger partial charge < -0.3 is 5.11 Å². The first kappa shape index (κ1) is 13.6. The van der Waals surface area contributed by atoms with Gasteiger partial charge in [-0.2, -0.15) is 0 Å². The molecule has 1 N–H and O–H groups in total. The molecule has 0 heterocycles. The number of aliphatic imine (C=N–C) groups is 1. The van der Waals surface area contributed by atoms with Gasteiger partial charge in [0, 0.05) is 16.8 Å². The number of aromatic carboxylic acids is 1. The molecule has 0 spiro atoms. The van der Waals surface area contributed by atoms with Gasteiger partial charge in [0.2, 0.25) is 0 Å². The predicted molar refractivity (Wildman–Crippen MR) is 77.1 cm³/mol. The molecule has 0 fully saturated rings. The molecule has 96 valence electrons. The summed E-state index contributed by atoms with van der Waals surface area (Å²) in [6.07, 6.45) is 1.47. The first-order valence-electron chi connectivity index (χ1n) is 5.39. The summed E-state index contributed by atoms with van der Waals surface area (Å²) in [5.74, 6) is -0.996. The third-order valence-corrected chi connectivity index (χ3v) is 2.98. The van der Waals surface area contributed by atoms with Gasteiger partial charge in [-0.3, -0.25) is 4.99 Å². The lowest BCUT2D eigenvalue weighted by molar-refractivity contribution is 0.0697. The molecule has 0 bridgehead atoms. The van der Waals surface area contributed by atoms with Gasteiger partial charge in [-0.25, -0.2) is 4.79 Å². The van der Waals surface area contributed by atoms with E-state index in [4.69, 9.17) is 28.3 Å². The Morgan fingerprint density at radius 2 is 1.89 bits per heavy atom. The maximum Gasteiger partial charge on any atom is 0.336 e. The number of benzene rings is 2. The van der Waals surface area contributed by atoms with Gasteiger partial charge in [-0.1, -0.05) is 41.4 Å². The standard InChI is InChI=1S/C14H9Cl2NO2/c15-10-5-6-13(12(16)7-10)17-8-9-3-1-2-4-11(9)14(18)19/h1-8H,(H,18,19)/b17-8-. The van der Waals surface area contributed by atoms with Crippen molar-refractivity contribution in [1.82, 2.24) is 0 Å². The molecule has 5 heteroatoms. The summed E-state index contributed by atoms with van der Waals surface area (Å²) in [5.41, 5.74) is 1.24. The van der Waals surface area contributed by atoms with Gasteiger partial charge in [0.15, 0.2) is 0 Å². The molecule has 0 saturated heterocycles. The lowest BCUT2D eigenvalue weighted by Gasteiger charge is -2.01. The Hall–Kier alpha value is -1.84. The Morgan fingerprint density at radius 3 is 2.58 bits per heavy atom. The molecule has 0 atom stereocenters. The van der Waals surface area contributed by atoms with E-state index in [2.05, 4.69) is 4.99 Å². The van der Waals surface area contributed by atoms with Crippen LogP contribution in [-0.2, 0) is 0 Å². The zero-order chi connectivity index (χ0) is 13.8. The average Bonchev–Trinajstić information content (AvgIpc) is 2.38. The average molecular weight is 294 g/mol. The van der Waals surface area contributed by atoms with E-state index in [0.717, 1.165) is 0 Å². The number of carboxylic acids is 1. The predicted octanol–water partition coefficient (Wildman–Crippen LogP) is 4.44. The second-order valence-corrected chi connectivity index (χ2v) is 4.59. The lowest BCUT2D eigenvalue weighted by Crippen LogP contribution is -2.01. The molecule has 0 radical (unpaired) electrons. The van der Waals surface area contributed by atoms with Crippen LogP contribution < -0.4 is 0 Å². The van der Waals surface area contributed by atoms with Crippen LogP contribution in [0.4, 0.5) is 5.69 Å². The molecular formula is C14H9Cl2NO2. The van der Waals surface area contributed by atoms with E-state index in [9.17, 15) is 4.79 Å². The van der Waals surface area contributed by atoms with Gasteiger partial charge in [0.05, 0.1) is 16.3 Å². The molecule has 2 rings (SSSR count). The van der Waals surface area contributed by atoms with Crippen LogP contribution >= 0.6 is 23.2 Å². The zero-order valence-electron chi connectivity index (χ0n) is 9.68. The van der Waals surface area contributed by atoms with Crippen LogP contribution in [0.25, 0.3) is 0 Å². The fourth-order valence-electron chi connectivity index (χ4n) is 1.53. The molecule has 0 aliphatic heterocycles. The van der Waals surface area contributed by atoms with Crippen LogP contribution in [0.3, 0.4) is 0 Å². The molecular weight excluding hydrogens is 285 g/mol. The van der Waals surface area contributed by atoms with Crippen molar-refractivity contribution in [1.29, 1.82) is 0 Å². The number of hydrogen-bond donors (Lipinski definition) is 1. The summed E-state index contributed by atoms with van der Waals surface area (Å²) in [6, 6.07) is 11.5. The molecule has 0 saturated carbocycles. The van der Waals surface area contributed by atoms with E-state index in [0.29, 0.717) is 21.3 Å². The summed E-state index contributed by atoms with van der Waals surface area (Å²) in [5, 5.41) is 9.99. The number of halogens is 2. The zero-order valence-corrected chi connectivity index (χ0v) is 11.2. The van der Waals surface area contributed by atoms with E-state index in [1.807, 2.05) is 0 Å². The third kappa shape index (κ3) is 3.34. The second-order valence-electron chi connectivity index (χ2n) is 3.75. The first-order chi connectivity index (χ1) is 9.08. The van der Waals surface area contributed by atoms with E-state index in [1.165, 1.54) is 12.3 Å². The Labute approximate surface area is 120 Å². The maximum absolute atomic E-state index is 11.0. The highest BCUT2D eigenvalue weighted by Crippen LogP contribution is 2.27. The normalized spacial score (nSPS) is 10.8. The highest BCUT2D eigenvalue weighted by molar-refractivity contribution is 6.36. The molecule has 0 aromatic heterocycles. The monoisotopic (exact) mass is 293 g/mol. The Morgan fingerprint density at radius 1 is 1.16 bits per heavy atom. The topological polar surface area (TPSA) is 49.7 Å². The third-order valence-electron chi connectivity index (χ3n) is 2.44. The van der Waals surface area contributed by atoms with Crippen LogP contribution in [0.5, 0.6) is 0 Å². The number of carboxylic acid groups (broad SMARTS) is 1. The van der Waals surface area contributed by atoms with Gasteiger partial charge in [0.1, 0.15) is 0 Å². The Balaban J connectivity index is 2.35. The van der Waals surface area contributed by atoms with E-state index < -0.39 is 5.97 Å². The van der Waals surface area contributed by atoms with Gasteiger partial charge in [-0.05, 0) is 24.3 Å². The van der Waals surface area contributed by atoms with Crippen molar-refractivity contribution in [3.63, 3.8) is 0 Å². The van der Waals surface area contributed by atoms with Crippen LogP contribution in [0, 0.1) is 0 Å². The lowest BCUT2D eigenvalue weighted by atomic mass is 10.1. The van der Waals surface area contributed by atoms with E-state index >= 15 is 0 Å². The molecule has 0 aliphatic carbocycles. The number of hydrogen-bond acceptors (Lipinski definition) is 2. The van der Waals surface area contributed by atoms with Crippen molar-refractivity contribution in [2.45, 2.75) is 0 Å². The number of rotatable bonds is 3.